The van der Waals surface area contributed by atoms with E-state index in [9.17, 15) is 4.39 Å². The molecule has 17 heavy (non-hydrogen) atoms. The fraction of sp³-hybridized carbons (Fsp3) is 0. The lowest BCUT2D eigenvalue weighted by Gasteiger charge is -1.95. The molecule has 3 aromatic rings. The first-order valence-corrected chi connectivity index (χ1v) is 6.89. The summed E-state index contributed by atoms with van der Waals surface area (Å²) in [5.41, 5.74) is 2.99. The molecule has 3 rings (SSSR count). The average molecular weight is 261 g/mol. The number of nitrogens with zero attached hydrogens (tertiary/aromatic N) is 1. The molecule has 2 heterocycles. The molecule has 0 saturated carbocycles. The minimum atomic E-state index is -0.220. The van der Waals surface area contributed by atoms with E-state index >= 15 is 0 Å². The van der Waals surface area contributed by atoms with Crippen LogP contribution in [0.2, 0.25) is 0 Å². The van der Waals surface area contributed by atoms with Gasteiger partial charge in [-0.25, -0.2) is 9.37 Å². The number of thiophene rings is 1. The van der Waals surface area contributed by atoms with Crippen LogP contribution in [0.15, 0.2) is 46.5 Å². The van der Waals surface area contributed by atoms with E-state index in [0.29, 0.717) is 0 Å². The third-order valence-corrected chi connectivity index (χ3v) is 3.99. The number of benzene rings is 1. The normalized spacial score (nSPS) is 10.6. The number of aromatic nitrogens is 1. The van der Waals surface area contributed by atoms with E-state index in [1.807, 2.05) is 10.8 Å². The van der Waals surface area contributed by atoms with Crippen LogP contribution in [-0.4, -0.2) is 4.98 Å². The van der Waals surface area contributed by atoms with Gasteiger partial charge in [0.1, 0.15) is 10.8 Å². The van der Waals surface area contributed by atoms with Crippen LogP contribution in [0.5, 0.6) is 0 Å². The predicted octanol–water partition coefficient (Wildman–Crippen LogP) is 4.68. The molecule has 0 unspecified atom stereocenters. The maximum atomic E-state index is 12.8. The van der Waals surface area contributed by atoms with Crippen molar-refractivity contribution in [2.45, 2.75) is 0 Å². The number of hydrogen-bond acceptors (Lipinski definition) is 3. The van der Waals surface area contributed by atoms with E-state index in [2.05, 4.69) is 16.4 Å². The molecule has 0 fully saturated rings. The standard InChI is InChI=1S/C13H8FNS2/c14-11-3-1-9(2-4-11)12-8-17-13(15-12)10-5-6-16-7-10/h1-8H. The van der Waals surface area contributed by atoms with Crippen LogP contribution in [0.4, 0.5) is 4.39 Å². The van der Waals surface area contributed by atoms with Gasteiger partial charge in [0.2, 0.25) is 0 Å². The van der Waals surface area contributed by atoms with Crippen molar-refractivity contribution in [1.29, 1.82) is 0 Å². The van der Waals surface area contributed by atoms with Crippen LogP contribution in [0.25, 0.3) is 21.8 Å². The monoisotopic (exact) mass is 261 g/mol. The number of thiazole rings is 1. The van der Waals surface area contributed by atoms with E-state index in [1.54, 1.807) is 34.8 Å². The van der Waals surface area contributed by atoms with Gasteiger partial charge < -0.3 is 0 Å². The summed E-state index contributed by atoms with van der Waals surface area (Å²) in [5, 5.41) is 7.12. The largest absolute Gasteiger partial charge is 0.236 e. The van der Waals surface area contributed by atoms with Gasteiger partial charge in [0.25, 0.3) is 0 Å². The zero-order valence-corrected chi connectivity index (χ0v) is 10.4. The zero-order valence-electron chi connectivity index (χ0n) is 8.76. The molecule has 4 heteroatoms. The Balaban J connectivity index is 1.98. The summed E-state index contributed by atoms with van der Waals surface area (Å²) in [5.74, 6) is -0.220. The molecule has 84 valence electrons. The molecule has 0 N–H and O–H groups in total. The van der Waals surface area contributed by atoms with Crippen LogP contribution in [0.3, 0.4) is 0 Å². The highest BCUT2D eigenvalue weighted by Crippen LogP contribution is 2.29. The number of halogens is 1. The van der Waals surface area contributed by atoms with Gasteiger partial charge in [-0.15, -0.1) is 11.3 Å². The molecule has 0 atom stereocenters. The predicted molar refractivity (Wildman–Crippen MR) is 70.8 cm³/mol. The van der Waals surface area contributed by atoms with Crippen molar-refractivity contribution in [1.82, 2.24) is 4.98 Å². The molecule has 2 aromatic heterocycles. The fourth-order valence-electron chi connectivity index (χ4n) is 1.55. The Morgan fingerprint density at radius 2 is 1.76 bits per heavy atom. The van der Waals surface area contributed by atoms with Gasteiger partial charge in [-0.3, -0.25) is 0 Å². The van der Waals surface area contributed by atoms with Gasteiger partial charge in [0, 0.05) is 21.9 Å². The molecule has 0 saturated heterocycles. The Labute approximate surface area is 106 Å². The molecule has 0 aliphatic heterocycles. The molecular weight excluding hydrogens is 253 g/mol. The molecule has 0 amide bonds. The molecule has 1 nitrogen and oxygen atoms in total. The van der Waals surface area contributed by atoms with Gasteiger partial charge in [0.15, 0.2) is 0 Å². The summed E-state index contributed by atoms with van der Waals surface area (Å²) in [4.78, 5) is 4.56. The average Bonchev–Trinajstić information content (AvgIpc) is 3.00. The van der Waals surface area contributed by atoms with E-state index < -0.39 is 0 Å². The van der Waals surface area contributed by atoms with Crippen LogP contribution < -0.4 is 0 Å². The summed E-state index contributed by atoms with van der Waals surface area (Å²) >= 11 is 3.27. The van der Waals surface area contributed by atoms with E-state index in [4.69, 9.17) is 0 Å². The first kappa shape index (κ1) is 10.6. The number of rotatable bonds is 2. The summed E-state index contributed by atoms with van der Waals surface area (Å²) in [7, 11) is 0. The molecule has 0 aliphatic rings. The lowest BCUT2D eigenvalue weighted by atomic mass is 10.2. The summed E-state index contributed by atoms with van der Waals surface area (Å²) in [6, 6.07) is 8.47. The van der Waals surface area contributed by atoms with Crippen molar-refractivity contribution in [3.8, 4) is 21.8 Å². The maximum Gasteiger partial charge on any atom is 0.124 e. The highest BCUT2D eigenvalue weighted by Gasteiger charge is 2.06. The molecule has 0 radical (unpaired) electrons. The highest BCUT2D eigenvalue weighted by atomic mass is 32.1. The molecule has 0 aliphatic carbocycles. The highest BCUT2D eigenvalue weighted by molar-refractivity contribution is 7.14. The van der Waals surface area contributed by atoms with Gasteiger partial charge in [-0.05, 0) is 35.7 Å². The minimum Gasteiger partial charge on any atom is -0.236 e. The zero-order chi connectivity index (χ0) is 11.7. The van der Waals surface area contributed by atoms with Gasteiger partial charge >= 0.3 is 0 Å². The first-order valence-electron chi connectivity index (χ1n) is 5.07. The fourth-order valence-corrected chi connectivity index (χ4v) is 3.09. The Morgan fingerprint density at radius 3 is 2.47 bits per heavy atom. The second-order valence-corrected chi connectivity index (χ2v) is 5.19. The molecule has 1 aromatic carbocycles. The topological polar surface area (TPSA) is 12.9 Å². The van der Waals surface area contributed by atoms with Crippen LogP contribution >= 0.6 is 22.7 Å². The van der Waals surface area contributed by atoms with Crippen molar-refractivity contribution in [3.63, 3.8) is 0 Å². The van der Waals surface area contributed by atoms with E-state index in [1.165, 1.54) is 12.1 Å². The molecule has 0 bridgehead atoms. The second kappa shape index (κ2) is 4.39. The van der Waals surface area contributed by atoms with Crippen molar-refractivity contribution in [3.05, 3.63) is 52.3 Å². The molecular formula is C13H8FNS2. The van der Waals surface area contributed by atoms with Crippen LogP contribution in [0.1, 0.15) is 0 Å². The van der Waals surface area contributed by atoms with E-state index in [0.717, 1.165) is 21.8 Å². The summed E-state index contributed by atoms with van der Waals surface area (Å²) in [6.07, 6.45) is 0. The maximum absolute atomic E-state index is 12.8. The quantitative estimate of drug-likeness (QED) is 0.653. The summed E-state index contributed by atoms with van der Waals surface area (Å²) < 4.78 is 12.8. The van der Waals surface area contributed by atoms with Crippen molar-refractivity contribution < 1.29 is 4.39 Å². The lowest BCUT2D eigenvalue weighted by Crippen LogP contribution is -1.79. The van der Waals surface area contributed by atoms with Crippen molar-refractivity contribution in [2.75, 3.05) is 0 Å². The summed E-state index contributed by atoms with van der Waals surface area (Å²) in [6.45, 7) is 0. The van der Waals surface area contributed by atoms with Crippen LogP contribution in [0, 0.1) is 5.82 Å². The Bertz CT molecular complexity index is 611. The third-order valence-electron chi connectivity index (χ3n) is 2.41. The second-order valence-electron chi connectivity index (χ2n) is 3.56. The smallest absolute Gasteiger partial charge is 0.124 e. The van der Waals surface area contributed by atoms with Gasteiger partial charge in [0.05, 0.1) is 5.69 Å². The van der Waals surface area contributed by atoms with Crippen LogP contribution in [-0.2, 0) is 0 Å². The molecule has 0 spiro atoms. The van der Waals surface area contributed by atoms with Gasteiger partial charge in [-0.1, -0.05) is 0 Å². The number of hydrogen-bond donors (Lipinski definition) is 0. The van der Waals surface area contributed by atoms with Crippen molar-refractivity contribution in [2.24, 2.45) is 0 Å². The lowest BCUT2D eigenvalue weighted by molar-refractivity contribution is 0.628. The van der Waals surface area contributed by atoms with Gasteiger partial charge in [-0.2, -0.15) is 11.3 Å². The SMILES string of the molecule is Fc1ccc(-c2csc(-c3ccsc3)n2)cc1. The minimum absolute atomic E-state index is 0.220. The van der Waals surface area contributed by atoms with Crippen molar-refractivity contribution >= 4 is 22.7 Å². The Morgan fingerprint density at radius 1 is 0.941 bits per heavy atom. The Kier molecular flexibility index (Phi) is 2.74. The Hall–Kier alpha value is -1.52. The third kappa shape index (κ3) is 2.14. The first-order chi connectivity index (χ1) is 8.33. The van der Waals surface area contributed by atoms with E-state index in [-0.39, 0.29) is 5.82 Å².